The van der Waals surface area contributed by atoms with E-state index in [0.29, 0.717) is 5.92 Å². The van der Waals surface area contributed by atoms with Gasteiger partial charge < -0.3 is 5.32 Å². The zero-order valence-corrected chi connectivity index (χ0v) is 15.1. The molecule has 1 aromatic rings. The largest absolute Gasteiger partial charge is 0.358 e. The van der Waals surface area contributed by atoms with Crippen molar-refractivity contribution in [1.82, 2.24) is 10.6 Å². The van der Waals surface area contributed by atoms with Gasteiger partial charge in [-0.2, -0.15) is 0 Å². The van der Waals surface area contributed by atoms with Crippen LogP contribution in [0.25, 0.3) is 0 Å². The third-order valence-electron chi connectivity index (χ3n) is 5.11. The molecule has 0 aliphatic heterocycles. The maximum atomic E-state index is 11.8. The summed E-state index contributed by atoms with van der Waals surface area (Å²) in [6, 6.07) is 9.10. The lowest BCUT2D eigenvalue weighted by Crippen LogP contribution is -2.43. The van der Waals surface area contributed by atoms with Gasteiger partial charge in [0.25, 0.3) is 0 Å². The molecule has 0 aromatic heterocycles. The zero-order chi connectivity index (χ0) is 16.8. The van der Waals surface area contributed by atoms with Crippen LogP contribution in [-0.2, 0) is 4.79 Å². The summed E-state index contributed by atoms with van der Waals surface area (Å²) >= 11 is 0. The van der Waals surface area contributed by atoms with Crippen LogP contribution in [-0.4, -0.2) is 19.0 Å². The number of rotatable bonds is 6. The van der Waals surface area contributed by atoms with Crippen molar-refractivity contribution in [2.45, 2.75) is 70.9 Å². The number of hydrogen-bond acceptors (Lipinski definition) is 2. The van der Waals surface area contributed by atoms with E-state index in [0.717, 1.165) is 5.92 Å². The molecule has 128 valence electrons. The second-order valence-electron chi connectivity index (χ2n) is 7.23. The molecular weight excluding hydrogens is 284 g/mol. The van der Waals surface area contributed by atoms with Crippen molar-refractivity contribution < 1.29 is 4.79 Å². The van der Waals surface area contributed by atoms with Gasteiger partial charge >= 0.3 is 0 Å². The molecular formula is C20H32N2O. The van der Waals surface area contributed by atoms with E-state index in [1.54, 1.807) is 7.05 Å². The molecule has 0 unspecified atom stereocenters. The van der Waals surface area contributed by atoms with Crippen molar-refractivity contribution in [2.24, 2.45) is 5.92 Å². The average Bonchev–Trinajstić information content (AvgIpc) is 2.59. The van der Waals surface area contributed by atoms with Crippen molar-refractivity contribution in [3.8, 4) is 0 Å². The van der Waals surface area contributed by atoms with Crippen LogP contribution >= 0.6 is 0 Å². The summed E-state index contributed by atoms with van der Waals surface area (Å²) in [5, 5.41) is 6.18. The Balaban J connectivity index is 2.08. The first-order valence-electron chi connectivity index (χ1n) is 9.10. The predicted octanol–water partition coefficient (Wildman–Crippen LogP) is 4.16. The Morgan fingerprint density at radius 1 is 1.04 bits per heavy atom. The number of nitrogens with one attached hydrogen (secondary N) is 2. The number of carbonyl (C=O) groups is 1. The van der Waals surface area contributed by atoms with E-state index < -0.39 is 0 Å². The van der Waals surface area contributed by atoms with Crippen LogP contribution in [0.2, 0.25) is 0 Å². The van der Waals surface area contributed by atoms with E-state index >= 15 is 0 Å². The highest BCUT2D eigenvalue weighted by Crippen LogP contribution is 2.33. The van der Waals surface area contributed by atoms with E-state index in [1.165, 1.54) is 43.2 Å². The first kappa shape index (κ1) is 18.0. The highest BCUT2D eigenvalue weighted by atomic mass is 16.2. The molecule has 3 heteroatoms. The van der Waals surface area contributed by atoms with Gasteiger partial charge in [-0.1, -0.05) is 57.4 Å². The SMILES string of the molecule is CNC(=O)[C@@H](C)N[C@H](c1ccc(C2CCCCC2)cc1)C(C)C. The third kappa shape index (κ3) is 4.81. The second-order valence-corrected chi connectivity index (χ2v) is 7.23. The monoisotopic (exact) mass is 316 g/mol. The Morgan fingerprint density at radius 3 is 2.17 bits per heavy atom. The quantitative estimate of drug-likeness (QED) is 0.827. The number of hydrogen-bond donors (Lipinski definition) is 2. The fraction of sp³-hybridized carbons (Fsp3) is 0.650. The topological polar surface area (TPSA) is 41.1 Å². The molecule has 1 fully saturated rings. The molecule has 0 spiro atoms. The molecule has 0 saturated heterocycles. The number of carbonyl (C=O) groups excluding carboxylic acids is 1. The van der Waals surface area contributed by atoms with Gasteiger partial charge in [0, 0.05) is 13.1 Å². The average molecular weight is 316 g/mol. The first-order chi connectivity index (χ1) is 11.0. The second kappa shape index (κ2) is 8.49. The summed E-state index contributed by atoms with van der Waals surface area (Å²) < 4.78 is 0. The van der Waals surface area contributed by atoms with Crippen molar-refractivity contribution >= 4 is 5.91 Å². The maximum absolute atomic E-state index is 11.8. The highest BCUT2D eigenvalue weighted by Gasteiger charge is 2.22. The van der Waals surface area contributed by atoms with Crippen LogP contribution in [0.3, 0.4) is 0 Å². The molecule has 3 nitrogen and oxygen atoms in total. The Morgan fingerprint density at radius 2 is 1.65 bits per heavy atom. The van der Waals surface area contributed by atoms with Gasteiger partial charge in [0.05, 0.1) is 6.04 Å². The molecule has 1 aliphatic carbocycles. The molecule has 1 amide bonds. The van der Waals surface area contributed by atoms with Gasteiger partial charge in [-0.05, 0) is 42.7 Å². The van der Waals surface area contributed by atoms with Gasteiger partial charge in [0.1, 0.15) is 0 Å². The van der Waals surface area contributed by atoms with Crippen molar-refractivity contribution in [2.75, 3.05) is 7.05 Å². The first-order valence-corrected chi connectivity index (χ1v) is 9.10. The number of benzene rings is 1. The van der Waals surface area contributed by atoms with Gasteiger partial charge in [0.15, 0.2) is 0 Å². The highest BCUT2D eigenvalue weighted by molar-refractivity contribution is 5.81. The van der Waals surface area contributed by atoms with Crippen LogP contribution in [0.5, 0.6) is 0 Å². The van der Waals surface area contributed by atoms with E-state index in [2.05, 4.69) is 48.7 Å². The van der Waals surface area contributed by atoms with Crippen LogP contribution in [0, 0.1) is 5.92 Å². The summed E-state index contributed by atoms with van der Waals surface area (Å²) in [7, 11) is 1.68. The van der Waals surface area contributed by atoms with Gasteiger partial charge in [-0.3, -0.25) is 10.1 Å². The smallest absolute Gasteiger partial charge is 0.236 e. The normalized spacial score (nSPS) is 18.7. The van der Waals surface area contributed by atoms with E-state index in [4.69, 9.17) is 0 Å². The molecule has 2 atom stereocenters. The molecule has 1 aliphatic rings. The Bertz CT molecular complexity index is 489. The van der Waals surface area contributed by atoms with E-state index in [9.17, 15) is 4.79 Å². The van der Waals surface area contributed by atoms with Crippen molar-refractivity contribution in [1.29, 1.82) is 0 Å². The molecule has 2 N–H and O–H groups in total. The Hall–Kier alpha value is -1.35. The standard InChI is InChI=1S/C20H32N2O/c1-14(2)19(22-15(3)20(23)21-4)18-12-10-17(11-13-18)16-8-6-5-7-9-16/h10-16,19,22H,5-9H2,1-4H3,(H,21,23)/t15-,19+/m1/s1. The van der Waals surface area contributed by atoms with Crippen LogP contribution in [0.1, 0.15) is 76.0 Å². The summed E-state index contributed by atoms with van der Waals surface area (Å²) in [6.07, 6.45) is 6.79. The van der Waals surface area contributed by atoms with Gasteiger partial charge in [0.2, 0.25) is 5.91 Å². The van der Waals surface area contributed by atoms with Crippen LogP contribution in [0.4, 0.5) is 0 Å². The molecule has 1 aromatic carbocycles. The van der Waals surface area contributed by atoms with Crippen molar-refractivity contribution in [3.05, 3.63) is 35.4 Å². The van der Waals surface area contributed by atoms with E-state index in [-0.39, 0.29) is 18.0 Å². The molecule has 0 radical (unpaired) electrons. The Kier molecular flexibility index (Phi) is 6.64. The lowest BCUT2D eigenvalue weighted by Gasteiger charge is -2.27. The molecule has 0 heterocycles. The molecule has 23 heavy (non-hydrogen) atoms. The Labute approximate surface area is 141 Å². The molecule has 2 rings (SSSR count). The molecule has 0 bridgehead atoms. The van der Waals surface area contributed by atoms with E-state index in [1.807, 2.05) is 6.92 Å². The summed E-state index contributed by atoms with van der Waals surface area (Å²) in [6.45, 7) is 6.32. The van der Waals surface area contributed by atoms with Crippen molar-refractivity contribution in [3.63, 3.8) is 0 Å². The van der Waals surface area contributed by atoms with Gasteiger partial charge in [-0.25, -0.2) is 0 Å². The fourth-order valence-electron chi connectivity index (χ4n) is 3.65. The minimum absolute atomic E-state index is 0.0366. The molecule has 1 saturated carbocycles. The zero-order valence-electron chi connectivity index (χ0n) is 15.1. The summed E-state index contributed by atoms with van der Waals surface area (Å²) in [5.41, 5.74) is 2.76. The third-order valence-corrected chi connectivity index (χ3v) is 5.11. The lowest BCUT2D eigenvalue weighted by atomic mass is 9.83. The van der Waals surface area contributed by atoms with Crippen LogP contribution in [0.15, 0.2) is 24.3 Å². The maximum Gasteiger partial charge on any atom is 0.236 e. The minimum atomic E-state index is -0.189. The van der Waals surface area contributed by atoms with Crippen LogP contribution < -0.4 is 10.6 Å². The number of amides is 1. The van der Waals surface area contributed by atoms with Gasteiger partial charge in [-0.15, -0.1) is 0 Å². The minimum Gasteiger partial charge on any atom is -0.358 e. The summed E-state index contributed by atoms with van der Waals surface area (Å²) in [4.78, 5) is 11.8. The summed E-state index contributed by atoms with van der Waals surface area (Å²) in [5.74, 6) is 1.21. The lowest BCUT2D eigenvalue weighted by molar-refractivity contribution is -0.122. The number of likely N-dealkylation sites (N-methyl/N-ethyl adjacent to an activating group) is 1. The predicted molar refractivity (Wildman–Crippen MR) is 96.5 cm³/mol. The fourth-order valence-corrected chi connectivity index (χ4v) is 3.65.